The molecule has 0 radical (unpaired) electrons. The molecule has 3 heterocycles. The van der Waals surface area contributed by atoms with Gasteiger partial charge >= 0.3 is 0 Å². The largest absolute Gasteiger partial charge is 0.474 e. The van der Waals surface area contributed by atoms with E-state index >= 15 is 0 Å². The van der Waals surface area contributed by atoms with Crippen molar-refractivity contribution in [2.24, 2.45) is 11.8 Å². The number of hydrogen-bond acceptors (Lipinski definition) is 5. The van der Waals surface area contributed by atoms with Crippen LogP contribution in [0.4, 0.5) is 0 Å². The number of carbonyl (C=O) groups excluding carboxylic acids is 2. The van der Waals surface area contributed by atoms with Gasteiger partial charge < -0.3 is 14.5 Å². The first-order valence-electron chi connectivity index (χ1n) is 11.8. The van der Waals surface area contributed by atoms with Crippen LogP contribution in [0.2, 0.25) is 10.0 Å². The van der Waals surface area contributed by atoms with Crippen molar-refractivity contribution in [1.82, 2.24) is 14.8 Å². The molecule has 2 fully saturated rings. The Morgan fingerprint density at radius 3 is 2.46 bits per heavy atom. The van der Waals surface area contributed by atoms with Gasteiger partial charge in [-0.2, -0.15) is 5.26 Å². The summed E-state index contributed by atoms with van der Waals surface area (Å²) in [4.78, 5) is 33.1. The maximum absolute atomic E-state index is 13.5. The van der Waals surface area contributed by atoms with E-state index in [1.54, 1.807) is 30.0 Å². The number of nitriles is 1. The molecule has 3 atom stereocenters. The molecule has 0 N–H and O–H groups in total. The van der Waals surface area contributed by atoms with Crippen molar-refractivity contribution in [2.45, 2.75) is 38.7 Å². The molecule has 0 aliphatic carbocycles. The smallest absolute Gasteiger partial charge is 0.225 e. The normalized spacial score (nSPS) is 21.5. The lowest BCUT2D eigenvalue weighted by Gasteiger charge is -2.32. The lowest BCUT2D eigenvalue weighted by atomic mass is 9.86. The Hall–Kier alpha value is -2.82. The minimum absolute atomic E-state index is 0.00550. The molecule has 1 aromatic carbocycles. The number of aromatic nitrogens is 1. The van der Waals surface area contributed by atoms with Crippen LogP contribution in [0.15, 0.2) is 36.5 Å². The summed E-state index contributed by atoms with van der Waals surface area (Å²) >= 11 is 12.5. The van der Waals surface area contributed by atoms with E-state index in [-0.39, 0.29) is 35.7 Å². The number of piperidine rings is 1. The number of amides is 2. The lowest BCUT2D eigenvalue weighted by Crippen LogP contribution is -2.43. The molecule has 2 aliphatic heterocycles. The molecule has 2 saturated heterocycles. The first-order valence-corrected chi connectivity index (χ1v) is 12.5. The third kappa shape index (κ3) is 5.71. The topological polar surface area (TPSA) is 86.5 Å². The highest BCUT2D eigenvalue weighted by molar-refractivity contribution is 6.42. The van der Waals surface area contributed by atoms with E-state index in [0.29, 0.717) is 60.5 Å². The summed E-state index contributed by atoms with van der Waals surface area (Å²) < 4.78 is 6.16. The van der Waals surface area contributed by atoms with Crippen molar-refractivity contribution in [3.8, 4) is 11.9 Å². The first-order chi connectivity index (χ1) is 16.8. The second-order valence-electron chi connectivity index (χ2n) is 9.29. The quantitative estimate of drug-likeness (QED) is 0.584. The molecule has 35 heavy (non-hydrogen) atoms. The van der Waals surface area contributed by atoms with Gasteiger partial charge in [0.05, 0.1) is 15.6 Å². The molecule has 9 heteroatoms. The van der Waals surface area contributed by atoms with Crippen LogP contribution >= 0.6 is 23.2 Å². The molecular formula is C26H28Cl2N4O3. The number of likely N-dealkylation sites (tertiary alicyclic amines) is 2. The van der Waals surface area contributed by atoms with Crippen molar-refractivity contribution in [1.29, 1.82) is 5.26 Å². The third-order valence-corrected chi connectivity index (χ3v) is 7.85. The predicted octanol–water partition coefficient (Wildman–Crippen LogP) is 4.53. The van der Waals surface area contributed by atoms with E-state index in [2.05, 4.69) is 11.1 Å². The molecule has 7 nitrogen and oxygen atoms in total. The highest BCUT2D eigenvalue weighted by Gasteiger charge is 2.42. The van der Waals surface area contributed by atoms with Crippen LogP contribution in [0.1, 0.15) is 43.7 Å². The van der Waals surface area contributed by atoms with E-state index in [9.17, 15) is 9.59 Å². The SMILES string of the molecule is CC(=O)N1CCC(C(=O)N2C[C@H]([C@H](C)Oc3ccc(C#N)cn3)[C@@H](c3ccc(Cl)c(Cl)c3)C2)CC1. The standard InChI is InChI=1S/C26H28Cl2N4O3/c1-16(35-25-6-3-18(12-29)13-30-25)21-14-32(15-22(21)20-4-5-23(27)24(28)11-20)26(34)19-7-9-31(10-8-19)17(2)33/h3-6,11,13,16,19,21-22H,7-10,14-15H2,1-2H3/t16-,21+,22+/m0/s1. The number of nitrogens with zero attached hydrogens (tertiary/aromatic N) is 4. The zero-order chi connectivity index (χ0) is 25.1. The third-order valence-electron chi connectivity index (χ3n) is 7.11. The number of benzene rings is 1. The fraction of sp³-hybridized carbons (Fsp3) is 0.462. The van der Waals surface area contributed by atoms with Crippen LogP contribution in [0.5, 0.6) is 5.88 Å². The first kappa shape index (κ1) is 25.3. The van der Waals surface area contributed by atoms with Gasteiger partial charge in [-0.15, -0.1) is 0 Å². The Morgan fingerprint density at radius 2 is 1.86 bits per heavy atom. The second-order valence-corrected chi connectivity index (χ2v) is 10.1. The molecule has 184 valence electrons. The number of hydrogen-bond donors (Lipinski definition) is 0. The molecule has 0 unspecified atom stereocenters. The van der Waals surface area contributed by atoms with E-state index in [1.807, 2.05) is 24.0 Å². The van der Waals surface area contributed by atoms with Gasteiger partial charge in [-0.25, -0.2) is 4.98 Å². The van der Waals surface area contributed by atoms with Crippen LogP contribution in [-0.2, 0) is 9.59 Å². The van der Waals surface area contributed by atoms with Crippen molar-refractivity contribution < 1.29 is 14.3 Å². The predicted molar refractivity (Wildman–Crippen MR) is 133 cm³/mol. The Balaban J connectivity index is 1.52. The Morgan fingerprint density at radius 1 is 1.11 bits per heavy atom. The van der Waals surface area contributed by atoms with E-state index < -0.39 is 0 Å². The summed E-state index contributed by atoms with van der Waals surface area (Å²) in [5.41, 5.74) is 1.47. The summed E-state index contributed by atoms with van der Waals surface area (Å²) in [6.45, 7) is 5.89. The van der Waals surface area contributed by atoms with E-state index in [0.717, 1.165) is 5.56 Å². The van der Waals surface area contributed by atoms with Gasteiger partial charge in [-0.1, -0.05) is 29.3 Å². The fourth-order valence-corrected chi connectivity index (χ4v) is 5.38. The minimum atomic E-state index is -0.243. The number of pyridine rings is 1. The Labute approximate surface area is 215 Å². The van der Waals surface area contributed by atoms with Gasteiger partial charge in [-0.3, -0.25) is 9.59 Å². The van der Waals surface area contributed by atoms with Crippen molar-refractivity contribution in [3.63, 3.8) is 0 Å². The van der Waals surface area contributed by atoms with Gasteiger partial charge in [0.1, 0.15) is 12.2 Å². The number of ether oxygens (including phenoxy) is 1. The zero-order valence-corrected chi connectivity index (χ0v) is 21.3. The summed E-state index contributed by atoms with van der Waals surface area (Å²) in [5.74, 6) is 0.551. The monoisotopic (exact) mass is 514 g/mol. The molecule has 2 amide bonds. The average molecular weight is 515 g/mol. The summed E-state index contributed by atoms with van der Waals surface area (Å²) in [6, 6.07) is 11.0. The van der Waals surface area contributed by atoms with Crippen LogP contribution in [0.3, 0.4) is 0 Å². The summed E-state index contributed by atoms with van der Waals surface area (Å²) in [6.07, 6.45) is 2.60. The second kappa shape index (κ2) is 10.8. The van der Waals surface area contributed by atoms with Gasteiger partial charge in [-0.05, 0) is 43.5 Å². The molecule has 2 aliphatic rings. The molecule has 4 rings (SSSR count). The molecule has 2 aromatic rings. The fourth-order valence-electron chi connectivity index (χ4n) is 5.07. The lowest BCUT2D eigenvalue weighted by molar-refractivity contribution is -0.139. The van der Waals surface area contributed by atoms with Crippen molar-refractivity contribution in [2.75, 3.05) is 26.2 Å². The van der Waals surface area contributed by atoms with Gasteiger partial charge in [0, 0.05) is 63.1 Å². The number of rotatable bonds is 5. The highest BCUT2D eigenvalue weighted by Crippen LogP contribution is 2.39. The molecule has 0 spiro atoms. The highest BCUT2D eigenvalue weighted by atomic mass is 35.5. The Bertz CT molecular complexity index is 1130. The zero-order valence-electron chi connectivity index (χ0n) is 19.8. The molecule has 0 saturated carbocycles. The summed E-state index contributed by atoms with van der Waals surface area (Å²) in [7, 11) is 0. The molecule has 0 bridgehead atoms. The summed E-state index contributed by atoms with van der Waals surface area (Å²) in [5, 5.41) is 9.97. The van der Waals surface area contributed by atoms with Gasteiger partial charge in [0.15, 0.2) is 0 Å². The average Bonchev–Trinajstić information content (AvgIpc) is 3.31. The van der Waals surface area contributed by atoms with Crippen molar-refractivity contribution in [3.05, 3.63) is 57.7 Å². The van der Waals surface area contributed by atoms with E-state index in [4.69, 9.17) is 33.2 Å². The van der Waals surface area contributed by atoms with Gasteiger partial charge in [0.25, 0.3) is 0 Å². The number of carbonyl (C=O) groups is 2. The number of halogens is 2. The van der Waals surface area contributed by atoms with Crippen LogP contribution in [-0.4, -0.2) is 58.9 Å². The maximum atomic E-state index is 13.5. The van der Waals surface area contributed by atoms with Crippen molar-refractivity contribution >= 4 is 35.0 Å². The van der Waals surface area contributed by atoms with Crippen LogP contribution < -0.4 is 4.74 Å². The minimum Gasteiger partial charge on any atom is -0.474 e. The molecule has 1 aromatic heterocycles. The maximum Gasteiger partial charge on any atom is 0.225 e. The van der Waals surface area contributed by atoms with E-state index in [1.165, 1.54) is 6.20 Å². The Kier molecular flexibility index (Phi) is 7.83. The van der Waals surface area contributed by atoms with Gasteiger partial charge in [0.2, 0.25) is 17.7 Å². The van der Waals surface area contributed by atoms with Crippen LogP contribution in [0, 0.1) is 23.2 Å². The molecular weight excluding hydrogens is 487 g/mol. The van der Waals surface area contributed by atoms with Crippen LogP contribution in [0.25, 0.3) is 0 Å².